The highest BCUT2D eigenvalue weighted by Crippen LogP contribution is 2.55. The highest BCUT2D eigenvalue weighted by molar-refractivity contribution is 5.70. The second kappa shape index (κ2) is 8.05. The van der Waals surface area contributed by atoms with Crippen molar-refractivity contribution in [1.29, 1.82) is 0 Å². The molecule has 0 saturated carbocycles. The Morgan fingerprint density at radius 2 is 2.06 bits per heavy atom. The Kier molecular flexibility index (Phi) is 5.37. The van der Waals surface area contributed by atoms with Gasteiger partial charge in [-0.05, 0) is 67.5 Å². The maximum absolute atomic E-state index is 12.8. The van der Waals surface area contributed by atoms with Crippen molar-refractivity contribution in [3.8, 4) is 11.5 Å². The second-order valence-corrected chi connectivity index (χ2v) is 9.66. The molecule has 1 spiro atoms. The van der Waals surface area contributed by atoms with E-state index in [0.717, 1.165) is 62.5 Å². The average molecular weight is 428 g/mol. The fourth-order valence-corrected chi connectivity index (χ4v) is 5.95. The lowest BCUT2D eigenvalue weighted by Crippen LogP contribution is -2.47. The Morgan fingerprint density at radius 1 is 1.26 bits per heavy atom. The van der Waals surface area contributed by atoms with Gasteiger partial charge in [0, 0.05) is 13.0 Å². The molecule has 1 aromatic carbocycles. The zero-order valence-electron chi connectivity index (χ0n) is 18.8. The number of hydrogen-bond acceptors (Lipinski definition) is 6. The van der Waals surface area contributed by atoms with Gasteiger partial charge in [-0.2, -0.15) is 0 Å². The van der Waals surface area contributed by atoms with Crippen LogP contribution < -0.4 is 9.47 Å². The first-order chi connectivity index (χ1) is 15.0. The summed E-state index contributed by atoms with van der Waals surface area (Å²) in [6.07, 6.45) is 7.30. The van der Waals surface area contributed by atoms with Gasteiger partial charge in [-0.3, -0.25) is 9.69 Å². The van der Waals surface area contributed by atoms with Crippen LogP contribution >= 0.6 is 0 Å². The summed E-state index contributed by atoms with van der Waals surface area (Å²) in [5.41, 5.74) is 2.29. The quantitative estimate of drug-likeness (QED) is 0.635. The van der Waals surface area contributed by atoms with Crippen LogP contribution in [-0.2, 0) is 20.7 Å². The molecule has 3 atom stereocenters. The van der Waals surface area contributed by atoms with Crippen LogP contribution in [0.5, 0.6) is 11.5 Å². The van der Waals surface area contributed by atoms with Crippen molar-refractivity contribution in [2.45, 2.75) is 69.9 Å². The number of carbonyl (C=O) groups excluding carboxylic acids is 1. The van der Waals surface area contributed by atoms with Crippen LogP contribution in [0.3, 0.4) is 0 Å². The molecule has 1 aliphatic carbocycles. The zero-order chi connectivity index (χ0) is 21.6. The van der Waals surface area contributed by atoms with Gasteiger partial charge in [0.25, 0.3) is 0 Å². The van der Waals surface area contributed by atoms with Gasteiger partial charge in [-0.15, -0.1) is 0 Å². The SMILES string of the molecule is COC1=C[C@]23CCCN2CCc2cc4c(cc2[C@@H]3[C@@H]1OC(=O)CCCC(C)C)OCO4. The lowest BCUT2D eigenvalue weighted by atomic mass is 9.77. The van der Waals surface area contributed by atoms with Crippen LogP contribution in [0.1, 0.15) is 63.0 Å². The first-order valence-electron chi connectivity index (χ1n) is 11.7. The summed E-state index contributed by atoms with van der Waals surface area (Å²) in [6.45, 7) is 6.65. The fraction of sp³-hybridized carbons (Fsp3) is 0.640. The minimum Gasteiger partial charge on any atom is -0.497 e. The van der Waals surface area contributed by atoms with Crippen molar-refractivity contribution < 1.29 is 23.7 Å². The van der Waals surface area contributed by atoms with Crippen molar-refractivity contribution in [2.75, 3.05) is 27.0 Å². The average Bonchev–Trinajstić information content (AvgIpc) is 3.41. The van der Waals surface area contributed by atoms with Crippen LogP contribution in [0.4, 0.5) is 0 Å². The Bertz CT molecular complexity index is 894. The maximum atomic E-state index is 12.8. The smallest absolute Gasteiger partial charge is 0.306 e. The monoisotopic (exact) mass is 427 g/mol. The van der Waals surface area contributed by atoms with Crippen molar-refractivity contribution in [3.05, 3.63) is 35.1 Å². The number of hydrogen-bond donors (Lipinski definition) is 0. The molecule has 3 aliphatic heterocycles. The molecule has 1 aromatic rings. The van der Waals surface area contributed by atoms with E-state index < -0.39 is 6.10 Å². The van der Waals surface area contributed by atoms with E-state index in [1.54, 1.807) is 7.11 Å². The summed E-state index contributed by atoms with van der Waals surface area (Å²) in [6, 6.07) is 4.25. The van der Waals surface area contributed by atoms with E-state index in [2.05, 4.69) is 37.0 Å². The molecule has 0 amide bonds. The van der Waals surface area contributed by atoms with Gasteiger partial charge >= 0.3 is 5.97 Å². The molecule has 31 heavy (non-hydrogen) atoms. The van der Waals surface area contributed by atoms with E-state index in [-0.39, 0.29) is 24.2 Å². The van der Waals surface area contributed by atoms with Crippen LogP contribution in [0.2, 0.25) is 0 Å². The van der Waals surface area contributed by atoms with E-state index in [4.69, 9.17) is 18.9 Å². The molecule has 5 rings (SSSR count). The summed E-state index contributed by atoms with van der Waals surface area (Å²) in [5.74, 6) is 2.83. The Labute approximate surface area is 184 Å². The van der Waals surface area contributed by atoms with Gasteiger partial charge < -0.3 is 18.9 Å². The molecule has 1 fully saturated rings. The summed E-state index contributed by atoms with van der Waals surface area (Å²) < 4.78 is 23.3. The van der Waals surface area contributed by atoms with E-state index in [1.165, 1.54) is 11.1 Å². The third-order valence-corrected chi connectivity index (χ3v) is 7.39. The molecule has 0 bridgehead atoms. The molecular formula is C25H33NO5. The maximum Gasteiger partial charge on any atom is 0.306 e. The van der Waals surface area contributed by atoms with Gasteiger partial charge in [0.05, 0.1) is 18.6 Å². The summed E-state index contributed by atoms with van der Waals surface area (Å²) in [4.78, 5) is 15.4. The minimum atomic E-state index is -0.408. The van der Waals surface area contributed by atoms with E-state index >= 15 is 0 Å². The molecule has 0 N–H and O–H groups in total. The molecule has 4 aliphatic rings. The van der Waals surface area contributed by atoms with Crippen molar-refractivity contribution >= 4 is 5.97 Å². The van der Waals surface area contributed by atoms with E-state index in [0.29, 0.717) is 12.3 Å². The molecule has 1 saturated heterocycles. The first kappa shape index (κ1) is 20.7. The normalized spacial score (nSPS) is 28.6. The Balaban J connectivity index is 1.51. The van der Waals surface area contributed by atoms with Crippen LogP contribution in [0.15, 0.2) is 24.0 Å². The number of esters is 1. The van der Waals surface area contributed by atoms with Crippen LogP contribution in [0.25, 0.3) is 0 Å². The Morgan fingerprint density at radius 3 is 2.84 bits per heavy atom. The third-order valence-electron chi connectivity index (χ3n) is 7.39. The van der Waals surface area contributed by atoms with Gasteiger partial charge in [0.2, 0.25) is 6.79 Å². The molecule has 0 aromatic heterocycles. The number of nitrogens with zero attached hydrogens (tertiary/aromatic N) is 1. The number of carbonyl (C=O) groups is 1. The van der Waals surface area contributed by atoms with Gasteiger partial charge in [-0.1, -0.05) is 20.3 Å². The predicted octanol–water partition coefficient (Wildman–Crippen LogP) is 4.17. The number of rotatable bonds is 6. The van der Waals surface area contributed by atoms with Gasteiger partial charge in [0.15, 0.2) is 17.6 Å². The van der Waals surface area contributed by atoms with Crippen LogP contribution in [0, 0.1) is 5.92 Å². The van der Waals surface area contributed by atoms with Gasteiger partial charge in [-0.25, -0.2) is 0 Å². The second-order valence-electron chi connectivity index (χ2n) is 9.66. The highest BCUT2D eigenvalue weighted by atomic mass is 16.7. The van der Waals surface area contributed by atoms with E-state index in [9.17, 15) is 4.79 Å². The fourth-order valence-electron chi connectivity index (χ4n) is 5.95. The summed E-state index contributed by atoms with van der Waals surface area (Å²) in [5, 5.41) is 0. The lowest BCUT2D eigenvalue weighted by Gasteiger charge is -2.39. The molecule has 3 heterocycles. The molecule has 6 nitrogen and oxygen atoms in total. The number of ether oxygens (including phenoxy) is 4. The minimum absolute atomic E-state index is 0.00555. The van der Waals surface area contributed by atoms with Crippen molar-refractivity contribution in [3.63, 3.8) is 0 Å². The summed E-state index contributed by atoms with van der Waals surface area (Å²) in [7, 11) is 1.69. The van der Waals surface area contributed by atoms with Crippen LogP contribution in [-0.4, -0.2) is 49.5 Å². The molecule has 0 unspecified atom stereocenters. The molecule has 0 radical (unpaired) electrons. The first-order valence-corrected chi connectivity index (χ1v) is 11.7. The topological polar surface area (TPSA) is 57.2 Å². The molecule has 168 valence electrons. The number of benzene rings is 1. The highest BCUT2D eigenvalue weighted by Gasteiger charge is 2.58. The van der Waals surface area contributed by atoms with Crippen molar-refractivity contribution in [1.82, 2.24) is 4.90 Å². The van der Waals surface area contributed by atoms with Crippen molar-refractivity contribution in [2.24, 2.45) is 5.92 Å². The predicted molar refractivity (Wildman–Crippen MR) is 116 cm³/mol. The van der Waals surface area contributed by atoms with E-state index in [1.807, 2.05) is 0 Å². The Hall–Kier alpha value is -2.21. The molecule has 6 heteroatoms. The van der Waals surface area contributed by atoms with Gasteiger partial charge in [0.1, 0.15) is 5.76 Å². The molecular weight excluding hydrogens is 394 g/mol. The zero-order valence-corrected chi connectivity index (χ0v) is 18.8. The third kappa shape index (κ3) is 3.49. The number of fused-ring (bicyclic) bond motifs is 3. The summed E-state index contributed by atoms with van der Waals surface area (Å²) >= 11 is 0. The largest absolute Gasteiger partial charge is 0.497 e. The number of methoxy groups -OCH3 is 1. The lowest BCUT2D eigenvalue weighted by molar-refractivity contribution is -0.150. The standard InChI is InChI=1S/C25H33NO5/c1-16(2)6-4-7-22(27)31-24-21(28-3)14-25-9-5-10-26(25)11-8-17-12-19-20(30-15-29-19)13-18(17)23(24)25/h12-14,16,23-24H,4-11,15H2,1-3H3/t23-,24-,25+/m1/s1.